The van der Waals surface area contributed by atoms with Gasteiger partial charge in [0.2, 0.25) is 5.91 Å². The second kappa shape index (κ2) is 5.15. The van der Waals surface area contributed by atoms with Gasteiger partial charge in [0.25, 0.3) is 0 Å². The maximum absolute atomic E-state index is 12.8. The molecule has 6 nitrogen and oxygen atoms in total. The van der Waals surface area contributed by atoms with Crippen LogP contribution in [0.15, 0.2) is 18.2 Å². The van der Waals surface area contributed by atoms with Crippen molar-refractivity contribution >= 4 is 17.6 Å². The average molecular weight is 317 g/mol. The number of anilines is 1. The normalized spacial score (nSPS) is 33.5. The number of ether oxygens (including phenoxy) is 3. The Labute approximate surface area is 134 Å². The van der Waals surface area contributed by atoms with E-state index >= 15 is 0 Å². The van der Waals surface area contributed by atoms with Crippen molar-refractivity contribution < 1.29 is 23.8 Å². The molecule has 3 aliphatic rings. The van der Waals surface area contributed by atoms with Gasteiger partial charge in [-0.15, -0.1) is 0 Å². The van der Waals surface area contributed by atoms with Gasteiger partial charge < -0.3 is 19.5 Å². The predicted molar refractivity (Wildman–Crippen MR) is 81.2 cm³/mol. The molecule has 5 atom stereocenters. The van der Waals surface area contributed by atoms with Crippen molar-refractivity contribution in [3.8, 4) is 11.5 Å². The topological polar surface area (TPSA) is 73.9 Å². The number of nitrogens with one attached hydrogen (secondary N) is 1. The molecular formula is C17H19NO5. The number of rotatable bonds is 4. The minimum absolute atomic E-state index is 0.0390. The van der Waals surface area contributed by atoms with Crippen LogP contribution < -0.4 is 14.8 Å². The van der Waals surface area contributed by atoms with Crippen molar-refractivity contribution in [3.05, 3.63) is 18.2 Å². The standard InChI is InChI=1S/C17H19NO5/c1-21-9-3-4-11(13(7-9)22-2)18-16(19)14-8-5-10-12(6-8)23-17(20)15(10)14/h3-4,7-8,10,12,14-15H,5-6H2,1-2H3,(H,18,19)/t8-,10-,12+,14-,15-/m1/s1. The van der Waals surface area contributed by atoms with E-state index in [0.29, 0.717) is 17.2 Å². The van der Waals surface area contributed by atoms with Crippen molar-refractivity contribution in [2.24, 2.45) is 23.7 Å². The molecule has 1 aromatic carbocycles. The molecule has 6 heteroatoms. The monoisotopic (exact) mass is 317 g/mol. The number of hydrogen-bond acceptors (Lipinski definition) is 5. The van der Waals surface area contributed by atoms with Crippen LogP contribution in [0, 0.1) is 23.7 Å². The van der Waals surface area contributed by atoms with Crippen LogP contribution in [0.5, 0.6) is 11.5 Å². The molecule has 23 heavy (non-hydrogen) atoms. The molecule has 0 radical (unpaired) electrons. The largest absolute Gasteiger partial charge is 0.497 e. The molecular weight excluding hydrogens is 298 g/mol. The Morgan fingerprint density at radius 1 is 1.26 bits per heavy atom. The Kier molecular flexibility index (Phi) is 3.21. The zero-order valence-electron chi connectivity index (χ0n) is 13.1. The summed E-state index contributed by atoms with van der Waals surface area (Å²) in [5, 5.41) is 2.92. The van der Waals surface area contributed by atoms with Gasteiger partial charge in [-0.2, -0.15) is 0 Å². The number of hydrogen-bond donors (Lipinski definition) is 1. The van der Waals surface area contributed by atoms with E-state index < -0.39 is 0 Å². The van der Waals surface area contributed by atoms with Crippen LogP contribution in [-0.4, -0.2) is 32.2 Å². The first-order chi connectivity index (χ1) is 11.1. The number of carbonyl (C=O) groups is 2. The molecule has 1 saturated heterocycles. The van der Waals surface area contributed by atoms with Crippen LogP contribution in [0.3, 0.4) is 0 Å². The Morgan fingerprint density at radius 2 is 2.09 bits per heavy atom. The summed E-state index contributed by atoms with van der Waals surface area (Å²) in [5.74, 6) is 0.757. The fourth-order valence-electron chi connectivity index (χ4n) is 4.48. The van der Waals surface area contributed by atoms with Crippen molar-refractivity contribution in [1.82, 2.24) is 0 Å². The third-order valence-corrected chi connectivity index (χ3v) is 5.45. The van der Waals surface area contributed by atoms with Crippen LogP contribution in [0.4, 0.5) is 5.69 Å². The highest BCUT2D eigenvalue weighted by atomic mass is 16.6. The van der Waals surface area contributed by atoms with E-state index in [1.165, 1.54) is 0 Å². The third-order valence-electron chi connectivity index (χ3n) is 5.45. The molecule has 1 aromatic rings. The zero-order chi connectivity index (χ0) is 16.1. The zero-order valence-corrected chi connectivity index (χ0v) is 13.1. The number of carbonyl (C=O) groups excluding carboxylic acids is 2. The first-order valence-electron chi connectivity index (χ1n) is 7.85. The minimum Gasteiger partial charge on any atom is -0.497 e. The molecule has 2 bridgehead atoms. The van der Waals surface area contributed by atoms with Crippen molar-refractivity contribution in [2.45, 2.75) is 18.9 Å². The molecule has 2 saturated carbocycles. The Hall–Kier alpha value is -2.24. The lowest BCUT2D eigenvalue weighted by atomic mass is 9.79. The molecule has 1 amide bonds. The lowest BCUT2D eigenvalue weighted by Crippen LogP contribution is -2.35. The quantitative estimate of drug-likeness (QED) is 0.858. The van der Waals surface area contributed by atoms with Gasteiger partial charge in [-0.3, -0.25) is 9.59 Å². The molecule has 1 aliphatic heterocycles. The smallest absolute Gasteiger partial charge is 0.310 e. The molecule has 3 fully saturated rings. The van der Waals surface area contributed by atoms with Gasteiger partial charge in [0.1, 0.15) is 17.6 Å². The van der Waals surface area contributed by atoms with E-state index in [0.717, 1.165) is 12.8 Å². The summed E-state index contributed by atoms with van der Waals surface area (Å²) in [4.78, 5) is 24.8. The lowest BCUT2D eigenvalue weighted by Gasteiger charge is -2.24. The number of benzene rings is 1. The maximum atomic E-state index is 12.8. The van der Waals surface area contributed by atoms with E-state index in [-0.39, 0.29) is 41.7 Å². The first-order valence-corrected chi connectivity index (χ1v) is 7.85. The predicted octanol–water partition coefficient (Wildman–Crippen LogP) is 1.84. The number of esters is 1. The summed E-state index contributed by atoms with van der Waals surface area (Å²) in [6.45, 7) is 0. The summed E-state index contributed by atoms with van der Waals surface area (Å²) in [6.07, 6.45) is 1.76. The van der Waals surface area contributed by atoms with Gasteiger partial charge in [-0.25, -0.2) is 0 Å². The number of methoxy groups -OCH3 is 2. The Morgan fingerprint density at radius 3 is 2.83 bits per heavy atom. The second-order valence-electron chi connectivity index (χ2n) is 6.48. The van der Waals surface area contributed by atoms with Gasteiger partial charge >= 0.3 is 5.97 Å². The molecule has 1 N–H and O–H groups in total. The molecule has 0 aromatic heterocycles. The summed E-state index contributed by atoms with van der Waals surface area (Å²) >= 11 is 0. The maximum Gasteiger partial charge on any atom is 0.310 e. The van der Waals surface area contributed by atoms with Crippen LogP contribution in [0.2, 0.25) is 0 Å². The summed E-state index contributed by atoms with van der Waals surface area (Å²) in [5.41, 5.74) is 0.587. The molecule has 4 rings (SSSR count). The fraction of sp³-hybridized carbons (Fsp3) is 0.529. The molecule has 1 heterocycles. The molecule has 0 spiro atoms. The van der Waals surface area contributed by atoms with Gasteiger partial charge in [0, 0.05) is 12.0 Å². The minimum atomic E-state index is -0.293. The highest BCUT2D eigenvalue weighted by molar-refractivity contribution is 5.98. The van der Waals surface area contributed by atoms with Crippen molar-refractivity contribution in [1.29, 1.82) is 0 Å². The van der Waals surface area contributed by atoms with Crippen molar-refractivity contribution in [2.75, 3.05) is 19.5 Å². The molecule has 2 aliphatic carbocycles. The van der Waals surface area contributed by atoms with Crippen LogP contribution >= 0.6 is 0 Å². The van der Waals surface area contributed by atoms with Crippen LogP contribution in [-0.2, 0) is 14.3 Å². The highest BCUT2D eigenvalue weighted by Gasteiger charge is 2.63. The first kappa shape index (κ1) is 14.4. The van der Waals surface area contributed by atoms with Crippen LogP contribution in [0.25, 0.3) is 0 Å². The fourth-order valence-corrected chi connectivity index (χ4v) is 4.48. The summed E-state index contributed by atoms with van der Waals surface area (Å²) < 4.78 is 15.9. The van der Waals surface area contributed by atoms with E-state index in [4.69, 9.17) is 14.2 Å². The third kappa shape index (κ3) is 2.08. The number of amides is 1. The van der Waals surface area contributed by atoms with E-state index in [1.807, 2.05) is 0 Å². The van der Waals surface area contributed by atoms with E-state index in [1.54, 1.807) is 32.4 Å². The van der Waals surface area contributed by atoms with Gasteiger partial charge in [-0.05, 0) is 30.9 Å². The molecule has 122 valence electrons. The van der Waals surface area contributed by atoms with Crippen LogP contribution in [0.1, 0.15) is 12.8 Å². The second-order valence-corrected chi connectivity index (χ2v) is 6.48. The summed E-state index contributed by atoms with van der Waals surface area (Å²) in [7, 11) is 3.12. The van der Waals surface area contributed by atoms with Gasteiger partial charge in [0.05, 0.1) is 31.7 Å². The van der Waals surface area contributed by atoms with Gasteiger partial charge in [0.15, 0.2) is 0 Å². The SMILES string of the molecule is COc1ccc(NC(=O)[C@@H]2[C@@H]3C[C@H]4[C@H]2C(=O)O[C@H]4C3)c(OC)c1. The molecule has 0 unspecified atom stereocenters. The van der Waals surface area contributed by atoms with Gasteiger partial charge in [-0.1, -0.05) is 0 Å². The average Bonchev–Trinajstić information content (AvgIpc) is 3.16. The highest BCUT2D eigenvalue weighted by Crippen LogP contribution is 2.57. The van der Waals surface area contributed by atoms with E-state index in [2.05, 4.69) is 5.32 Å². The lowest BCUT2D eigenvalue weighted by molar-refractivity contribution is -0.145. The van der Waals surface area contributed by atoms with Crippen molar-refractivity contribution in [3.63, 3.8) is 0 Å². The van der Waals surface area contributed by atoms with E-state index in [9.17, 15) is 9.59 Å². The number of fused-ring (bicyclic) bond motifs is 1. The Balaban J connectivity index is 1.56. The summed E-state index contributed by atoms with van der Waals surface area (Å²) in [6, 6.07) is 5.23. The Bertz CT molecular complexity index is 671.